The van der Waals surface area contributed by atoms with Gasteiger partial charge in [-0.05, 0) is 32.0 Å². The molecular weight excluding hydrogens is 316 g/mol. The molecule has 0 atom stereocenters. The highest BCUT2D eigenvalue weighted by Gasteiger charge is 2.18. The molecule has 104 valence electrons. The van der Waals surface area contributed by atoms with Crippen LogP contribution in [0.2, 0.25) is 0 Å². The molecule has 7 heteroatoms. The molecule has 0 aliphatic carbocycles. The van der Waals surface area contributed by atoms with E-state index in [1.54, 1.807) is 6.07 Å². The summed E-state index contributed by atoms with van der Waals surface area (Å²) < 4.78 is 5.79. The highest BCUT2D eigenvalue weighted by Crippen LogP contribution is 2.23. The summed E-state index contributed by atoms with van der Waals surface area (Å²) in [6.07, 6.45) is -0.542. The first-order valence-corrected chi connectivity index (χ1v) is 6.53. The van der Waals surface area contributed by atoms with Crippen molar-refractivity contribution in [2.24, 2.45) is 0 Å². The molecule has 6 nitrogen and oxygen atoms in total. The van der Waals surface area contributed by atoms with Gasteiger partial charge in [-0.2, -0.15) is 0 Å². The lowest BCUT2D eigenvalue weighted by molar-refractivity contribution is 0.0702. The van der Waals surface area contributed by atoms with Gasteiger partial charge in [0.2, 0.25) is 0 Å². The molecule has 1 aromatic rings. The van der Waals surface area contributed by atoms with Gasteiger partial charge in [0.25, 0.3) is 5.91 Å². The second-order valence-corrected chi connectivity index (χ2v) is 4.54. The molecule has 0 bridgehead atoms. The largest absolute Gasteiger partial charge is 0.415 e. The van der Waals surface area contributed by atoms with Gasteiger partial charge in [-0.3, -0.25) is 10.0 Å². The van der Waals surface area contributed by atoms with Crippen LogP contribution in [-0.2, 0) is 0 Å². The fraction of sp³-hybridized carbons (Fsp3) is 0.333. The Hall–Kier alpha value is -1.60. The van der Waals surface area contributed by atoms with Crippen molar-refractivity contribution in [2.75, 3.05) is 13.1 Å². The van der Waals surface area contributed by atoms with Crippen LogP contribution in [0.5, 0.6) is 5.75 Å². The normalized spacial score (nSPS) is 9.89. The molecular formula is C12H15BrN2O4. The van der Waals surface area contributed by atoms with Gasteiger partial charge in [-0.25, -0.2) is 10.3 Å². The van der Waals surface area contributed by atoms with Gasteiger partial charge in [-0.1, -0.05) is 15.9 Å². The van der Waals surface area contributed by atoms with E-state index in [1.165, 1.54) is 22.5 Å². The minimum Gasteiger partial charge on any atom is -0.409 e. The number of carbonyl (C=O) groups excluding carboxylic acids is 2. The van der Waals surface area contributed by atoms with Crippen LogP contribution < -0.4 is 10.2 Å². The van der Waals surface area contributed by atoms with Crippen molar-refractivity contribution in [1.82, 2.24) is 10.4 Å². The molecule has 0 radical (unpaired) electrons. The number of nitrogens with one attached hydrogen (secondary N) is 1. The van der Waals surface area contributed by atoms with Crippen molar-refractivity contribution in [3.05, 3.63) is 28.2 Å². The van der Waals surface area contributed by atoms with Gasteiger partial charge >= 0.3 is 6.09 Å². The van der Waals surface area contributed by atoms with Crippen LogP contribution in [0, 0.1) is 0 Å². The molecule has 0 fully saturated rings. The molecule has 2 N–H and O–H groups in total. The van der Waals surface area contributed by atoms with Crippen LogP contribution in [0.3, 0.4) is 0 Å². The fourth-order valence-electron chi connectivity index (χ4n) is 1.47. The van der Waals surface area contributed by atoms with Gasteiger partial charge < -0.3 is 9.64 Å². The summed E-state index contributed by atoms with van der Waals surface area (Å²) in [5, 5.41) is 8.67. The van der Waals surface area contributed by atoms with Crippen molar-refractivity contribution in [2.45, 2.75) is 13.8 Å². The molecule has 19 heavy (non-hydrogen) atoms. The van der Waals surface area contributed by atoms with Crippen LogP contribution in [0.1, 0.15) is 24.2 Å². The van der Waals surface area contributed by atoms with Crippen molar-refractivity contribution in [3.8, 4) is 5.75 Å². The van der Waals surface area contributed by atoms with Crippen molar-refractivity contribution in [3.63, 3.8) is 0 Å². The minimum absolute atomic E-state index is 0.0670. The highest BCUT2D eigenvalue weighted by atomic mass is 79.9. The first kappa shape index (κ1) is 15.5. The van der Waals surface area contributed by atoms with Crippen LogP contribution in [0.25, 0.3) is 0 Å². The molecule has 0 saturated heterocycles. The van der Waals surface area contributed by atoms with Crippen LogP contribution >= 0.6 is 15.9 Å². The Morgan fingerprint density at radius 1 is 1.37 bits per heavy atom. The number of nitrogens with zero attached hydrogens (tertiary/aromatic N) is 1. The maximum atomic E-state index is 11.8. The molecule has 0 unspecified atom stereocenters. The van der Waals surface area contributed by atoms with Gasteiger partial charge in [-0.15, -0.1) is 0 Å². The van der Waals surface area contributed by atoms with Crippen LogP contribution in [0.4, 0.5) is 4.79 Å². The summed E-state index contributed by atoms with van der Waals surface area (Å²) in [7, 11) is 0. The van der Waals surface area contributed by atoms with Crippen molar-refractivity contribution >= 4 is 27.9 Å². The molecule has 1 aromatic carbocycles. The zero-order valence-corrected chi connectivity index (χ0v) is 12.2. The molecule has 0 aromatic heterocycles. The fourth-order valence-corrected chi connectivity index (χ4v) is 1.83. The Morgan fingerprint density at radius 3 is 2.53 bits per heavy atom. The number of carbonyl (C=O) groups is 2. The first-order chi connectivity index (χ1) is 9.03. The van der Waals surface area contributed by atoms with E-state index in [2.05, 4.69) is 15.9 Å². The summed E-state index contributed by atoms with van der Waals surface area (Å²) in [6, 6.07) is 4.57. The quantitative estimate of drug-likeness (QED) is 0.656. The number of halogens is 1. The van der Waals surface area contributed by atoms with Gasteiger partial charge in [0.1, 0.15) is 5.75 Å². The number of hydrogen-bond acceptors (Lipinski definition) is 4. The van der Waals surface area contributed by atoms with Gasteiger partial charge in [0.05, 0.1) is 5.56 Å². The van der Waals surface area contributed by atoms with Gasteiger partial charge in [0.15, 0.2) is 0 Å². The number of rotatable bonds is 4. The lowest BCUT2D eigenvalue weighted by atomic mass is 10.2. The smallest absolute Gasteiger partial charge is 0.409 e. The lowest BCUT2D eigenvalue weighted by Gasteiger charge is -2.18. The third kappa shape index (κ3) is 3.93. The SMILES string of the molecule is CCN(CC)C(=O)Oc1ccc(Br)cc1C(=O)NO. The van der Waals surface area contributed by atoms with Crippen molar-refractivity contribution in [1.29, 1.82) is 0 Å². The zero-order valence-electron chi connectivity index (χ0n) is 10.6. The van der Waals surface area contributed by atoms with Crippen LogP contribution in [0.15, 0.2) is 22.7 Å². The zero-order chi connectivity index (χ0) is 14.4. The van der Waals surface area contributed by atoms with E-state index in [4.69, 9.17) is 9.94 Å². The second-order valence-electron chi connectivity index (χ2n) is 3.62. The van der Waals surface area contributed by atoms with Crippen molar-refractivity contribution < 1.29 is 19.5 Å². The molecule has 0 aliphatic rings. The Balaban J connectivity index is 3.00. The van der Waals surface area contributed by atoms with E-state index in [-0.39, 0.29) is 11.3 Å². The van der Waals surface area contributed by atoms with Gasteiger partial charge in [0, 0.05) is 17.6 Å². The number of ether oxygens (including phenoxy) is 1. The Labute approximate surface area is 119 Å². The standard InChI is InChI=1S/C12H15BrN2O4/c1-3-15(4-2)12(17)19-10-6-5-8(13)7-9(10)11(16)14-18/h5-7,18H,3-4H2,1-2H3,(H,14,16). The van der Waals surface area contributed by atoms with E-state index >= 15 is 0 Å². The summed E-state index contributed by atoms with van der Waals surface area (Å²) in [5.41, 5.74) is 1.58. The minimum atomic E-state index is -0.747. The summed E-state index contributed by atoms with van der Waals surface area (Å²) >= 11 is 3.20. The third-order valence-corrected chi connectivity index (χ3v) is 3.00. The maximum Gasteiger partial charge on any atom is 0.415 e. The molecule has 0 saturated carbocycles. The van der Waals surface area contributed by atoms with E-state index in [0.29, 0.717) is 17.6 Å². The summed E-state index contributed by atoms with van der Waals surface area (Å²) in [6.45, 7) is 4.67. The molecule has 0 aliphatic heterocycles. The van der Waals surface area contributed by atoms with E-state index in [1.807, 2.05) is 13.8 Å². The average molecular weight is 331 g/mol. The lowest BCUT2D eigenvalue weighted by Crippen LogP contribution is -2.33. The molecule has 0 heterocycles. The predicted molar refractivity (Wildman–Crippen MR) is 72.3 cm³/mol. The van der Waals surface area contributed by atoms with E-state index in [0.717, 1.165) is 0 Å². The maximum absolute atomic E-state index is 11.8. The second kappa shape index (κ2) is 7.10. The first-order valence-electron chi connectivity index (χ1n) is 5.74. The molecule has 2 amide bonds. The molecule has 1 rings (SSSR count). The number of hydrogen-bond donors (Lipinski definition) is 2. The van der Waals surface area contributed by atoms with E-state index in [9.17, 15) is 9.59 Å². The Bertz CT molecular complexity index is 475. The number of hydroxylamine groups is 1. The summed E-state index contributed by atoms with van der Waals surface area (Å²) in [5.74, 6) is -0.657. The third-order valence-electron chi connectivity index (χ3n) is 2.51. The van der Waals surface area contributed by atoms with E-state index < -0.39 is 12.0 Å². The number of amides is 2. The predicted octanol–water partition coefficient (Wildman–Crippen LogP) is 2.41. The number of benzene rings is 1. The topological polar surface area (TPSA) is 78.9 Å². The molecule has 0 spiro atoms. The highest BCUT2D eigenvalue weighted by molar-refractivity contribution is 9.10. The average Bonchev–Trinajstić information content (AvgIpc) is 2.41. The summed E-state index contributed by atoms with van der Waals surface area (Å²) in [4.78, 5) is 24.8. The monoisotopic (exact) mass is 330 g/mol. The Morgan fingerprint density at radius 2 is 2.00 bits per heavy atom. The van der Waals surface area contributed by atoms with Crippen LogP contribution in [-0.4, -0.2) is 35.2 Å². The Kier molecular flexibility index (Phi) is 5.78.